The molecule has 0 radical (unpaired) electrons. The van der Waals surface area contributed by atoms with Crippen LogP contribution in [0.15, 0.2) is 18.2 Å². The van der Waals surface area contributed by atoms with Crippen LogP contribution in [0.5, 0.6) is 0 Å². The Kier molecular flexibility index (Phi) is 2.15. The van der Waals surface area contributed by atoms with Crippen LogP contribution in [0.4, 0.5) is 5.69 Å². The molecule has 0 saturated carbocycles. The van der Waals surface area contributed by atoms with Gasteiger partial charge in [0.05, 0.1) is 0 Å². The minimum absolute atomic E-state index is 0.343. The number of hydrogen-bond acceptors (Lipinski definition) is 2. The molecule has 1 aliphatic heterocycles. The Balaban J connectivity index is 2.40. The van der Waals surface area contributed by atoms with Crippen LogP contribution in [0.1, 0.15) is 22.3 Å². The van der Waals surface area contributed by atoms with Crippen molar-refractivity contribution in [3.05, 3.63) is 29.3 Å². The van der Waals surface area contributed by atoms with Crippen molar-refractivity contribution < 1.29 is 4.79 Å². The largest absolute Gasteiger partial charge is 0.371 e. The quantitative estimate of drug-likeness (QED) is 0.764. The van der Waals surface area contributed by atoms with Gasteiger partial charge in [-0.15, -0.1) is 0 Å². The van der Waals surface area contributed by atoms with Crippen molar-refractivity contribution in [1.29, 1.82) is 0 Å². The molecule has 1 amide bonds. The molecule has 1 fully saturated rings. The van der Waals surface area contributed by atoms with Crippen molar-refractivity contribution in [2.75, 3.05) is 18.0 Å². The highest BCUT2D eigenvalue weighted by atomic mass is 16.1. The Labute approximate surface area is 83.5 Å². The highest BCUT2D eigenvalue weighted by Gasteiger charge is 2.18. The molecule has 0 atom stereocenters. The van der Waals surface area contributed by atoms with Gasteiger partial charge in [0, 0.05) is 24.3 Å². The zero-order chi connectivity index (χ0) is 10.1. The molecule has 74 valence electrons. The van der Waals surface area contributed by atoms with Gasteiger partial charge in [-0.25, -0.2) is 0 Å². The highest BCUT2D eigenvalue weighted by molar-refractivity contribution is 5.95. The van der Waals surface area contributed by atoms with E-state index in [-0.39, 0.29) is 5.91 Å². The zero-order valence-electron chi connectivity index (χ0n) is 8.29. The molecule has 3 heteroatoms. The summed E-state index contributed by atoms with van der Waals surface area (Å²) in [5.74, 6) is -0.343. The third-order valence-corrected chi connectivity index (χ3v) is 2.77. The highest BCUT2D eigenvalue weighted by Crippen LogP contribution is 2.26. The summed E-state index contributed by atoms with van der Waals surface area (Å²) in [6, 6.07) is 5.71. The molecule has 0 spiro atoms. The first-order chi connectivity index (χ1) is 6.70. The fraction of sp³-hybridized carbons (Fsp3) is 0.364. The van der Waals surface area contributed by atoms with Crippen LogP contribution in [-0.4, -0.2) is 19.0 Å². The molecule has 2 N–H and O–H groups in total. The van der Waals surface area contributed by atoms with E-state index >= 15 is 0 Å². The van der Waals surface area contributed by atoms with Crippen molar-refractivity contribution >= 4 is 11.6 Å². The Morgan fingerprint density at radius 2 is 2.14 bits per heavy atom. The second-order valence-corrected chi connectivity index (χ2v) is 3.65. The number of primary amides is 1. The van der Waals surface area contributed by atoms with Crippen molar-refractivity contribution in [2.45, 2.75) is 13.3 Å². The topological polar surface area (TPSA) is 46.3 Å². The van der Waals surface area contributed by atoms with Gasteiger partial charge in [0.2, 0.25) is 5.91 Å². The summed E-state index contributed by atoms with van der Waals surface area (Å²) in [6.07, 6.45) is 1.24. The van der Waals surface area contributed by atoms with E-state index in [0.717, 1.165) is 24.3 Å². The fourth-order valence-electron chi connectivity index (χ4n) is 1.79. The van der Waals surface area contributed by atoms with Gasteiger partial charge >= 0.3 is 0 Å². The van der Waals surface area contributed by atoms with Gasteiger partial charge in [-0.1, -0.05) is 6.07 Å². The van der Waals surface area contributed by atoms with Crippen molar-refractivity contribution in [3.8, 4) is 0 Å². The van der Waals surface area contributed by atoms with Crippen molar-refractivity contribution in [2.24, 2.45) is 5.73 Å². The number of benzene rings is 1. The average Bonchev–Trinajstić information content (AvgIpc) is 2.04. The fourth-order valence-corrected chi connectivity index (χ4v) is 1.79. The van der Waals surface area contributed by atoms with E-state index in [9.17, 15) is 4.79 Å². The monoisotopic (exact) mass is 190 g/mol. The lowest BCUT2D eigenvalue weighted by Crippen LogP contribution is -2.37. The molecule has 2 rings (SSSR count). The predicted molar refractivity (Wildman–Crippen MR) is 56.5 cm³/mol. The van der Waals surface area contributed by atoms with E-state index in [1.807, 2.05) is 19.1 Å². The van der Waals surface area contributed by atoms with Crippen molar-refractivity contribution in [1.82, 2.24) is 0 Å². The molecule has 0 aromatic heterocycles. The van der Waals surface area contributed by atoms with Gasteiger partial charge in [0.1, 0.15) is 0 Å². The number of rotatable bonds is 2. The standard InChI is InChI=1S/C11H14N2O/c1-8-9(11(12)14)4-2-5-10(8)13-6-3-7-13/h2,4-5H,3,6-7H2,1H3,(H2,12,14). The van der Waals surface area contributed by atoms with Gasteiger partial charge in [-0.2, -0.15) is 0 Å². The molecule has 0 aliphatic carbocycles. The number of hydrogen-bond donors (Lipinski definition) is 1. The second kappa shape index (κ2) is 3.33. The van der Waals surface area contributed by atoms with E-state index in [1.165, 1.54) is 6.42 Å². The number of anilines is 1. The van der Waals surface area contributed by atoms with Crippen LogP contribution >= 0.6 is 0 Å². The lowest BCUT2D eigenvalue weighted by Gasteiger charge is -2.34. The van der Waals surface area contributed by atoms with Crippen molar-refractivity contribution in [3.63, 3.8) is 0 Å². The van der Waals surface area contributed by atoms with Crippen LogP contribution in [0, 0.1) is 6.92 Å². The SMILES string of the molecule is Cc1c(C(N)=O)cccc1N1CCC1. The van der Waals surface area contributed by atoms with E-state index in [4.69, 9.17) is 5.73 Å². The van der Waals surface area contributed by atoms with E-state index in [1.54, 1.807) is 6.07 Å². The Morgan fingerprint density at radius 1 is 1.43 bits per heavy atom. The van der Waals surface area contributed by atoms with Gasteiger partial charge in [-0.3, -0.25) is 4.79 Å². The van der Waals surface area contributed by atoms with Gasteiger partial charge < -0.3 is 10.6 Å². The number of carbonyl (C=O) groups is 1. The molecule has 0 bridgehead atoms. The molecule has 1 aliphatic rings. The first kappa shape index (κ1) is 9.06. The minimum atomic E-state index is -0.343. The third-order valence-electron chi connectivity index (χ3n) is 2.77. The third kappa shape index (κ3) is 1.35. The predicted octanol–water partition coefficient (Wildman–Crippen LogP) is 1.30. The summed E-state index contributed by atoms with van der Waals surface area (Å²) < 4.78 is 0. The normalized spacial score (nSPS) is 15.1. The molecule has 1 aromatic rings. The Morgan fingerprint density at radius 3 is 2.64 bits per heavy atom. The van der Waals surface area contributed by atoms with E-state index in [0.29, 0.717) is 5.56 Å². The lowest BCUT2D eigenvalue weighted by atomic mass is 10.0. The second-order valence-electron chi connectivity index (χ2n) is 3.65. The van der Waals surface area contributed by atoms with Crippen LogP contribution < -0.4 is 10.6 Å². The smallest absolute Gasteiger partial charge is 0.249 e. The van der Waals surface area contributed by atoms with Crippen LogP contribution in [0.3, 0.4) is 0 Å². The van der Waals surface area contributed by atoms with E-state index < -0.39 is 0 Å². The summed E-state index contributed by atoms with van der Waals surface area (Å²) in [4.78, 5) is 13.4. The van der Waals surface area contributed by atoms with Gasteiger partial charge in [-0.05, 0) is 31.0 Å². The molecular formula is C11H14N2O. The summed E-state index contributed by atoms with van der Waals surface area (Å²) in [6.45, 7) is 4.12. The minimum Gasteiger partial charge on any atom is -0.371 e. The van der Waals surface area contributed by atoms with Gasteiger partial charge in [0.15, 0.2) is 0 Å². The van der Waals surface area contributed by atoms with Gasteiger partial charge in [0.25, 0.3) is 0 Å². The summed E-state index contributed by atoms with van der Waals surface area (Å²) >= 11 is 0. The Hall–Kier alpha value is -1.51. The maximum atomic E-state index is 11.1. The molecule has 3 nitrogen and oxygen atoms in total. The molecule has 1 heterocycles. The summed E-state index contributed by atoms with van der Waals surface area (Å²) in [5, 5.41) is 0. The molecule has 14 heavy (non-hydrogen) atoms. The van der Waals surface area contributed by atoms with Crippen LogP contribution in [0.25, 0.3) is 0 Å². The Bertz CT molecular complexity index is 370. The number of carbonyl (C=O) groups excluding carboxylic acids is 1. The maximum absolute atomic E-state index is 11.1. The van der Waals surface area contributed by atoms with E-state index in [2.05, 4.69) is 4.90 Å². The maximum Gasteiger partial charge on any atom is 0.249 e. The summed E-state index contributed by atoms with van der Waals surface area (Å²) in [5.41, 5.74) is 8.06. The summed E-state index contributed by atoms with van der Waals surface area (Å²) in [7, 11) is 0. The number of nitrogens with two attached hydrogens (primary N) is 1. The lowest BCUT2D eigenvalue weighted by molar-refractivity contribution is 0.0999. The first-order valence-corrected chi connectivity index (χ1v) is 4.84. The zero-order valence-corrected chi connectivity index (χ0v) is 8.29. The molecular weight excluding hydrogens is 176 g/mol. The first-order valence-electron chi connectivity index (χ1n) is 4.84. The molecule has 0 unspecified atom stereocenters. The number of nitrogens with zero attached hydrogens (tertiary/aromatic N) is 1. The van der Waals surface area contributed by atoms with Crippen LogP contribution in [0.2, 0.25) is 0 Å². The average molecular weight is 190 g/mol. The van der Waals surface area contributed by atoms with Crippen LogP contribution in [-0.2, 0) is 0 Å². The molecule has 1 saturated heterocycles. The molecule has 1 aromatic carbocycles. The number of amides is 1.